The van der Waals surface area contributed by atoms with E-state index in [9.17, 15) is 22.8 Å². The van der Waals surface area contributed by atoms with Crippen LogP contribution in [0.1, 0.15) is 10.4 Å². The molecule has 2 aliphatic heterocycles. The number of nitrogens with one attached hydrogen (secondary N) is 1. The fourth-order valence-electron chi connectivity index (χ4n) is 3.11. The van der Waals surface area contributed by atoms with Crippen LogP contribution in [-0.4, -0.2) is 48.7 Å². The van der Waals surface area contributed by atoms with Crippen molar-refractivity contribution in [1.82, 2.24) is 4.90 Å². The monoisotopic (exact) mass is 426 g/mol. The number of carbonyl (C=O) groups is 2. The summed E-state index contributed by atoms with van der Waals surface area (Å²) in [7, 11) is 0. The van der Waals surface area contributed by atoms with E-state index in [0.717, 1.165) is 29.2 Å². The predicted octanol–water partition coefficient (Wildman–Crippen LogP) is 3.19. The standard InChI is InChI=1S/C19H14ClF3N2O4/c20-12-3-10(21)1-2-15(12)29-9-19(23)7-25(8-19)18(27)11-4-14-16(5-13(11)22)28-6-17(26)24-14/h1-5H,6-9H2,(H,24,26). The van der Waals surface area contributed by atoms with Crippen LogP contribution in [0.25, 0.3) is 0 Å². The van der Waals surface area contributed by atoms with E-state index in [1.165, 1.54) is 6.07 Å². The molecule has 1 saturated heterocycles. The van der Waals surface area contributed by atoms with Gasteiger partial charge in [-0.1, -0.05) is 11.6 Å². The first kappa shape index (κ1) is 19.4. The van der Waals surface area contributed by atoms with E-state index in [0.29, 0.717) is 0 Å². The number of likely N-dealkylation sites (tertiary alicyclic amines) is 1. The van der Waals surface area contributed by atoms with Gasteiger partial charge in [0.25, 0.3) is 11.8 Å². The Morgan fingerprint density at radius 1 is 1.28 bits per heavy atom. The lowest BCUT2D eigenvalue weighted by Crippen LogP contribution is -2.63. The normalized spacial score (nSPS) is 17.0. The Balaban J connectivity index is 1.41. The van der Waals surface area contributed by atoms with Crippen LogP contribution < -0.4 is 14.8 Å². The minimum absolute atomic E-state index is 0.00116. The molecule has 0 radical (unpaired) electrons. The first-order valence-electron chi connectivity index (χ1n) is 8.56. The first-order valence-corrected chi connectivity index (χ1v) is 8.94. The topological polar surface area (TPSA) is 67.9 Å². The highest BCUT2D eigenvalue weighted by Gasteiger charge is 2.47. The maximum Gasteiger partial charge on any atom is 0.262 e. The number of ether oxygens (including phenoxy) is 2. The van der Waals surface area contributed by atoms with Gasteiger partial charge in [0.2, 0.25) is 0 Å². The average Bonchev–Trinajstić information content (AvgIpc) is 2.64. The molecule has 0 aliphatic carbocycles. The van der Waals surface area contributed by atoms with E-state index in [2.05, 4.69) is 5.32 Å². The number of benzene rings is 2. The maximum absolute atomic E-state index is 14.7. The second-order valence-electron chi connectivity index (χ2n) is 6.84. The van der Waals surface area contributed by atoms with Gasteiger partial charge >= 0.3 is 0 Å². The summed E-state index contributed by atoms with van der Waals surface area (Å²) in [5.41, 5.74) is -1.98. The molecular weight excluding hydrogens is 413 g/mol. The molecule has 1 fully saturated rings. The Kier molecular flexibility index (Phi) is 4.77. The molecule has 0 unspecified atom stereocenters. The molecule has 0 bridgehead atoms. The number of hydrogen-bond acceptors (Lipinski definition) is 4. The number of rotatable bonds is 4. The molecule has 0 saturated carbocycles. The largest absolute Gasteiger partial charge is 0.489 e. The van der Waals surface area contributed by atoms with E-state index in [1.807, 2.05) is 0 Å². The lowest BCUT2D eigenvalue weighted by Gasteiger charge is -2.44. The molecule has 2 heterocycles. The highest BCUT2D eigenvalue weighted by atomic mass is 35.5. The smallest absolute Gasteiger partial charge is 0.262 e. The van der Waals surface area contributed by atoms with Gasteiger partial charge in [0, 0.05) is 6.07 Å². The lowest BCUT2D eigenvalue weighted by molar-refractivity contribution is -0.118. The summed E-state index contributed by atoms with van der Waals surface area (Å²) >= 11 is 5.83. The van der Waals surface area contributed by atoms with Gasteiger partial charge in [-0.05, 0) is 24.3 Å². The van der Waals surface area contributed by atoms with Gasteiger partial charge < -0.3 is 19.7 Å². The van der Waals surface area contributed by atoms with Crippen LogP contribution in [0.3, 0.4) is 0 Å². The third kappa shape index (κ3) is 3.82. The molecule has 2 aliphatic rings. The molecule has 4 rings (SSSR count). The van der Waals surface area contributed by atoms with Crippen molar-refractivity contribution >= 4 is 29.1 Å². The van der Waals surface area contributed by atoms with Crippen LogP contribution in [-0.2, 0) is 4.79 Å². The fraction of sp³-hybridized carbons (Fsp3) is 0.263. The van der Waals surface area contributed by atoms with E-state index < -0.39 is 35.7 Å². The van der Waals surface area contributed by atoms with Crippen molar-refractivity contribution in [3.63, 3.8) is 0 Å². The minimum atomic E-state index is -1.85. The average molecular weight is 427 g/mol. The molecule has 0 spiro atoms. The molecule has 0 aromatic heterocycles. The number of amides is 2. The Bertz CT molecular complexity index is 1010. The Morgan fingerprint density at radius 2 is 2.03 bits per heavy atom. The van der Waals surface area contributed by atoms with Crippen molar-refractivity contribution < 1.29 is 32.2 Å². The Labute approximate surface area is 168 Å². The van der Waals surface area contributed by atoms with Crippen LogP contribution in [0.2, 0.25) is 5.02 Å². The summed E-state index contributed by atoms with van der Waals surface area (Å²) in [6.45, 7) is -1.28. The first-order chi connectivity index (χ1) is 13.7. The molecule has 6 nitrogen and oxygen atoms in total. The number of hydrogen-bond donors (Lipinski definition) is 1. The van der Waals surface area contributed by atoms with Gasteiger partial charge in [-0.2, -0.15) is 0 Å². The van der Waals surface area contributed by atoms with Crippen LogP contribution >= 0.6 is 11.6 Å². The van der Waals surface area contributed by atoms with E-state index in [4.69, 9.17) is 21.1 Å². The summed E-state index contributed by atoms with van der Waals surface area (Å²) in [5.74, 6) is -2.30. The highest BCUT2D eigenvalue weighted by molar-refractivity contribution is 6.32. The van der Waals surface area contributed by atoms with E-state index in [1.54, 1.807) is 0 Å². The van der Waals surface area contributed by atoms with E-state index >= 15 is 0 Å². The summed E-state index contributed by atoms with van der Waals surface area (Å²) < 4.78 is 52.4. The quantitative estimate of drug-likeness (QED) is 0.815. The summed E-state index contributed by atoms with van der Waals surface area (Å²) in [6.07, 6.45) is 0. The molecule has 29 heavy (non-hydrogen) atoms. The van der Waals surface area contributed by atoms with Crippen LogP contribution in [0.15, 0.2) is 30.3 Å². The van der Waals surface area contributed by atoms with Crippen molar-refractivity contribution in [3.05, 3.63) is 52.6 Å². The molecule has 1 N–H and O–H groups in total. The molecule has 2 amide bonds. The highest BCUT2D eigenvalue weighted by Crippen LogP contribution is 2.34. The third-order valence-electron chi connectivity index (χ3n) is 4.55. The zero-order valence-corrected chi connectivity index (χ0v) is 15.6. The van der Waals surface area contributed by atoms with Crippen molar-refractivity contribution in [2.24, 2.45) is 0 Å². The van der Waals surface area contributed by atoms with Crippen molar-refractivity contribution in [2.75, 3.05) is 31.6 Å². The molecular formula is C19H14ClF3N2O4. The number of nitrogens with zero attached hydrogens (tertiary/aromatic N) is 1. The number of alkyl halides is 1. The van der Waals surface area contributed by atoms with Crippen LogP contribution in [0, 0.1) is 11.6 Å². The van der Waals surface area contributed by atoms with Crippen molar-refractivity contribution in [2.45, 2.75) is 5.67 Å². The molecule has 2 aromatic carbocycles. The van der Waals surface area contributed by atoms with Gasteiger partial charge in [0.15, 0.2) is 12.3 Å². The van der Waals surface area contributed by atoms with E-state index in [-0.39, 0.29) is 47.5 Å². The number of halogens is 4. The number of anilines is 1. The summed E-state index contributed by atoms with van der Waals surface area (Å²) in [6, 6.07) is 5.62. The fourth-order valence-corrected chi connectivity index (χ4v) is 3.33. The SMILES string of the molecule is O=C1COc2cc(F)c(C(=O)N3CC(F)(COc4ccc(F)cc4Cl)C3)cc2N1. The second-order valence-corrected chi connectivity index (χ2v) is 7.25. The van der Waals surface area contributed by atoms with Crippen molar-refractivity contribution in [1.29, 1.82) is 0 Å². The minimum Gasteiger partial charge on any atom is -0.489 e. The van der Waals surface area contributed by atoms with Gasteiger partial charge in [0.05, 0.1) is 29.4 Å². The lowest BCUT2D eigenvalue weighted by atomic mass is 9.96. The number of fused-ring (bicyclic) bond motifs is 1. The summed E-state index contributed by atoms with van der Waals surface area (Å²) in [4.78, 5) is 25.0. The Hall–Kier alpha value is -2.94. The predicted molar refractivity (Wildman–Crippen MR) is 97.2 cm³/mol. The molecule has 0 atom stereocenters. The van der Waals surface area contributed by atoms with Gasteiger partial charge in [-0.3, -0.25) is 9.59 Å². The molecule has 2 aromatic rings. The van der Waals surface area contributed by atoms with Gasteiger partial charge in [-0.15, -0.1) is 0 Å². The second kappa shape index (κ2) is 7.14. The number of carbonyl (C=O) groups excluding carboxylic acids is 2. The molecule has 10 heteroatoms. The zero-order chi connectivity index (χ0) is 20.8. The maximum atomic E-state index is 14.7. The summed E-state index contributed by atoms with van der Waals surface area (Å²) in [5, 5.41) is 2.49. The third-order valence-corrected chi connectivity index (χ3v) is 4.84. The zero-order valence-electron chi connectivity index (χ0n) is 14.8. The molecule has 152 valence electrons. The Morgan fingerprint density at radius 3 is 2.76 bits per heavy atom. The van der Waals surface area contributed by atoms with Crippen LogP contribution in [0.4, 0.5) is 18.9 Å². The van der Waals surface area contributed by atoms with Crippen molar-refractivity contribution in [3.8, 4) is 11.5 Å². The van der Waals surface area contributed by atoms with Gasteiger partial charge in [0.1, 0.15) is 29.7 Å². The van der Waals surface area contributed by atoms with Crippen LogP contribution in [0.5, 0.6) is 11.5 Å². The van der Waals surface area contributed by atoms with Gasteiger partial charge in [-0.25, -0.2) is 13.2 Å².